The molecule has 3 nitrogen and oxygen atoms in total. The number of nitrogens with one attached hydrogen (secondary N) is 1. The van der Waals surface area contributed by atoms with Gasteiger partial charge in [-0.05, 0) is 33.1 Å². The minimum absolute atomic E-state index is 0.0275. The highest BCUT2D eigenvalue weighted by molar-refractivity contribution is 4.94. The van der Waals surface area contributed by atoms with Crippen LogP contribution in [0.15, 0.2) is 0 Å². The van der Waals surface area contributed by atoms with Gasteiger partial charge in [-0.3, -0.25) is 0 Å². The molecular formula is C13H25NO2. The predicted octanol–water partition coefficient (Wildman–Crippen LogP) is 2.10. The van der Waals surface area contributed by atoms with Crippen LogP contribution in [0.1, 0.15) is 46.5 Å². The average Bonchev–Trinajstić information content (AvgIpc) is 2.66. The van der Waals surface area contributed by atoms with E-state index in [2.05, 4.69) is 26.1 Å². The third kappa shape index (κ3) is 2.76. The molecule has 2 fully saturated rings. The summed E-state index contributed by atoms with van der Waals surface area (Å²) in [5, 5.41) is 3.76. The van der Waals surface area contributed by atoms with Gasteiger partial charge in [-0.1, -0.05) is 6.92 Å². The highest BCUT2D eigenvalue weighted by atomic mass is 16.6. The quantitative estimate of drug-likeness (QED) is 0.801. The van der Waals surface area contributed by atoms with Crippen molar-refractivity contribution >= 4 is 0 Å². The van der Waals surface area contributed by atoms with E-state index in [9.17, 15) is 0 Å². The van der Waals surface area contributed by atoms with E-state index in [-0.39, 0.29) is 11.1 Å². The predicted molar refractivity (Wildman–Crippen MR) is 64.6 cm³/mol. The van der Waals surface area contributed by atoms with Crippen molar-refractivity contribution in [2.75, 3.05) is 19.8 Å². The van der Waals surface area contributed by atoms with Gasteiger partial charge < -0.3 is 14.8 Å². The molecule has 1 spiro atoms. The fourth-order valence-electron chi connectivity index (χ4n) is 2.67. The Morgan fingerprint density at radius 1 is 1.38 bits per heavy atom. The van der Waals surface area contributed by atoms with Crippen LogP contribution in [0.2, 0.25) is 0 Å². The fourth-order valence-corrected chi connectivity index (χ4v) is 2.67. The topological polar surface area (TPSA) is 30.5 Å². The summed E-state index contributed by atoms with van der Waals surface area (Å²) >= 11 is 0. The number of hydrogen-bond acceptors (Lipinski definition) is 3. The van der Waals surface area contributed by atoms with E-state index >= 15 is 0 Å². The van der Waals surface area contributed by atoms with Gasteiger partial charge in [0.1, 0.15) is 0 Å². The van der Waals surface area contributed by atoms with E-state index in [1.807, 2.05) is 0 Å². The molecule has 2 saturated heterocycles. The minimum Gasteiger partial charge on any atom is -0.378 e. The second kappa shape index (κ2) is 4.63. The summed E-state index contributed by atoms with van der Waals surface area (Å²) in [6, 6.07) is 0.588. The molecule has 0 aliphatic carbocycles. The lowest BCUT2D eigenvalue weighted by Crippen LogP contribution is -2.53. The van der Waals surface area contributed by atoms with Crippen LogP contribution >= 0.6 is 0 Å². The van der Waals surface area contributed by atoms with E-state index in [0.29, 0.717) is 6.04 Å². The monoisotopic (exact) mass is 227 g/mol. The molecule has 16 heavy (non-hydrogen) atoms. The zero-order valence-electron chi connectivity index (χ0n) is 10.8. The van der Waals surface area contributed by atoms with Crippen molar-refractivity contribution in [1.82, 2.24) is 5.32 Å². The zero-order chi connectivity index (χ0) is 11.6. The van der Waals surface area contributed by atoms with E-state index in [0.717, 1.165) is 45.5 Å². The zero-order valence-corrected chi connectivity index (χ0v) is 10.8. The SMILES string of the molecule is CCC(C)(C)NC1CCOC2(CCOC2)C1. The summed E-state index contributed by atoms with van der Waals surface area (Å²) in [6.45, 7) is 9.32. The number of ether oxygens (including phenoxy) is 2. The standard InChI is InChI=1S/C13H25NO2/c1-4-12(2,3)14-11-5-7-16-13(9-11)6-8-15-10-13/h11,14H,4-10H2,1-3H3. The Labute approximate surface area is 98.9 Å². The molecule has 0 aromatic heterocycles. The van der Waals surface area contributed by atoms with Crippen LogP contribution in [0.5, 0.6) is 0 Å². The lowest BCUT2D eigenvalue weighted by molar-refractivity contribution is -0.0918. The highest BCUT2D eigenvalue weighted by Crippen LogP contribution is 2.33. The second-order valence-corrected chi connectivity index (χ2v) is 5.91. The Morgan fingerprint density at radius 2 is 2.19 bits per heavy atom. The van der Waals surface area contributed by atoms with Crippen molar-refractivity contribution in [3.05, 3.63) is 0 Å². The van der Waals surface area contributed by atoms with E-state index in [1.54, 1.807) is 0 Å². The third-order valence-corrected chi connectivity index (χ3v) is 4.04. The smallest absolute Gasteiger partial charge is 0.0951 e. The second-order valence-electron chi connectivity index (χ2n) is 5.91. The van der Waals surface area contributed by atoms with E-state index < -0.39 is 0 Å². The first-order chi connectivity index (χ1) is 7.55. The maximum Gasteiger partial charge on any atom is 0.0951 e. The van der Waals surface area contributed by atoms with E-state index in [1.165, 1.54) is 0 Å². The van der Waals surface area contributed by atoms with Crippen LogP contribution in [0.25, 0.3) is 0 Å². The lowest BCUT2D eigenvalue weighted by atomic mass is 9.88. The van der Waals surface area contributed by atoms with Crippen molar-refractivity contribution in [3.63, 3.8) is 0 Å². The number of hydrogen-bond donors (Lipinski definition) is 1. The largest absolute Gasteiger partial charge is 0.378 e. The summed E-state index contributed by atoms with van der Waals surface area (Å²) in [5.41, 5.74) is 0.266. The Bertz CT molecular complexity index is 234. The summed E-state index contributed by atoms with van der Waals surface area (Å²) in [6.07, 6.45) is 4.47. The molecule has 2 rings (SSSR count). The minimum atomic E-state index is 0.0275. The van der Waals surface area contributed by atoms with Gasteiger partial charge >= 0.3 is 0 Å². The first kappa shape index (κ1) is 12.3. The van der Waals surface area contributed by atoms with Crippen LogP contribution in [0.4, 0.5) is 0 Å². The van der Waals surface area contributed by atoms with Gasteiger partial charge in [-0.2, -0.15) is 0 Å². The first-order valence-electron chi connectivity index (χ1n) is 6.55. The summed E-state index contributed by atoms with van der Waals surface area (Å²) in [7, 11) is 0. The highest BCUT2D eigenvalue weighted by Gasteiger charge is 2.41. The van der Waals surface area contributed by atoms with E-state index in [4.69, 9.17) is 9.47 Å². The molecule has 1 N–H and O–H groups in total. The van der Waals surface area contributed by atoms with Gasteiger partial charge in [0.25, 0.3) is 0 Å². The van der Waals surface area contributed by atoms with Gasteiger partial charge in [0, 0.05) is 31.2 Å². The van der Waals surface area contributed by atoms with Gasteiger partial charge in [0.15, 0.2) is 0 Å². The summed E-state index contributed by atoms with van der Waals surface area (Å²) in [5.74, 6) is 0. The molecule has 0 aromatic rings. The molecule has 2 aliphatic heterocycles. The molecule has 94 valence electrons. The Hall–Kier alpha value is -0.120. The van der Waals surface area contributed by atoms with Crippen molar-refractivity contribution in [3.8, 4) is 0 Å². The molecule has 0 saturated carbocycles. The summed E-state index contributed by atoms with van der Waals surface area (Å²) in [4.78, 5) is 0. The van der Waals surface area contributed by atoms with Gasteiger partial charge in [0.05, 0.1) is 12.2 Å². The van der Waals surface area contributed by atoms with Gasteiger partial charge in [-0.15, -0.1) is 0 Å². The molecule has 2 aliphatic rings. The average molecular weight is 227 g/mol. The number of rotatable bonds is 3. The maximum atomic E-state index is 5.94. The molecule has 3 heteroatoms. The van der Waals surface area contributed by atoms with Gasteiger partial charge in [0.2, 0.25) is 0 Å². The van der Waals surface area contributed by atoms with Crippen molar-refractivity contribution in [2.24, 2.45) is 0 Å². The summed E-state index contributed by atoms with van der Waals surface area (Å²) < 4.78 is 11.4. The van der Waals surface area contributed by atoms with Crippen molar-refractivity contribution in [2.45, 2.75) is 63.6 Å². The first-order valence-corrected chi connectivity index (χ1v) is 6.55. The van der Waals surface area contributed by atoms with Crippen LogP contribution < -0.4 is 5.32 Å². The Balaban J connectivity index is 1.91. The molecule has 2 unspecified atom stereocenters. The molecular weight excluding hydrogens is 202 g/mol. The molecule has 0 bridgehead atoms. The fraction of sp³-hybridized carbons (Fsp3) is 1.00. The molecule has 0 amide bonds. The molecule has 2 heterocycles. The van der Waals surface area contributed by atoms with Crippen molar-refractivity contribution < 1.29 is 9.47 Å². The molecule has 2 atom stereocenters. The van der Waals surface area contributed by atoms with Crippen LogP contribution in [-0.4, -0.2) is 37.0 Å². The normalized spacial score (nSPS) is 35.8. The van der Waals surface area contributed by atoms with Crippen LogP contribution in [0.3, 0.4) is 0 Å². The Kier molecular flexibility index (Phi) is 3.57. The maximum absolute atomic E-state index is 5.94. The van der Waals surface area contributed by atoms with Gasteiger partial charge in [-0.25, -0.2) is 0 Å². The van der Waals surface area contributed by atoms with Crippen molar-refractivity contribution in [1.29, 1.82) is 0 Å². The van der Waals surface area contributed by atoms with Crippen LogP contribution in [-0.2, 0) is 9.47 Å². The molecule has 0 aromatic carbocycles. The lowest BCUT2D eigenvalue weighted by Gasteiger charge is -2.41. The van der Waals surface area contributed by atoms with Crippen LogP contribution in [0, 0.1) is 0 Å². The molecule has 0 radical (unpaired) electrons. The Morgan fingerprint density at radius 3 is 2.81 bits per heavy atom. The third-order valence-electron chi connectivity index (χ3n) is 4.04.